The van der Waals surface area contributed by atoms with Crippen LogP contribution in [0.15, 0.2) is 42.5 Å². The topological polar surface area (TPSA) is 66.5 Å². The van der Waals surface area contributed by atoms with E-state index in [1.165, 1.54) is 43.3 Å². The number of nitrogens with zero attached hydrogens (tertiary/aromatic N) is 1. The number of benzene rings is 2. The summed E-state index contributed by atoms with van der Waals surface area (Å²) >= 11 is 0. The van der Waals surface area contributed by atoms with Crippen LogP contribution in [0.5, 0.6) is 0 Å². The number of rotatable bonds is 8. The normalized spacial score (nSPS) is 20.2. The van der Waals surface area contributed by atoms with Crippen LogP contribution in [0.1, 0.15) is 32.3 Å². The molecular formula is C23H26F4N2O3S. The van der Waals surface area contributed by atoms with Gasteiger partial charge in [0.15, 0.2) is 0 Å². The lowest BCUT2D eigenvalue weighted by molar-refractivity contribution is -0.133. The van der Waals surface area contributed by atoms with Crippen LogP contribution in [0.4, 0.5) is 17.6 Å². The molecule has 1 fully saturated rings. The van der Waals surface area contributed by atoms with E-state index >= 15 is 4.39 Å². The van der Waals surface area contributed by atoms with Crippen LogP contribution < -0.4 is 4.72 Å². The minimum Gasteiger partial charge on any atom is -0.331 e. The lowest BCUT2D eigenvalue weighted by Gasteiger charge is -2.28. The van der Waals surface area contributed by atoms with Gasteiger partial charge in [-0.1, -0.05) is 37.3 Å². The summed E-state index contributed by atoms with van der Waals surface area (Å²) in [5.41, 5.74) is 0.372. The number of amides is 1. The molecule has 10 heteroatoms. The van der Waals surface area contributed by atoms with E-state index in [2.05, 4.69) is 0 Å². The molecule has 0 unspecified atom stereocenters. The fourth-order valence-electron chi connectivity index (χ4n) is 4.05. The minimum absolute atomic E-state index is 0.00560. The van der Waals surface area contributed by atoms with Crippen LogP contribution in [0.2, 0.25) is 0 Å². The fraction of sp³-hybridized carbons (Fsp3) is 0.435. The standard InChI is InChI=1S/C23H26F4N2O3S/c1-3-7-20(30)29-14-23(26,27)22(28-33(31,32)4-2)19(29)13-16-9-6-11-18(21(16)25)15-8-5-10-17(24)12-15/h5-6,8-12,19,22,28H,3-4,7,13-14H2,1-2H3/t19-,22+/m0/s1. The van der Waals surface area contributed by atoms with Gasteiger partial charge in [-0.2, -0.15) is 0 Å². The molecule has 180 valence electrons. The zero-order valence-electron chi connectivity index (χ0n) is 18.3. The third kappa shape index (κ3) is 5.55. The summed E-state index contributed by atoms with van der Waals surface area (Å²) in [6.45, 7) is 2.08. The number of likely N-dealkylation sites (tertiary alicyclic amines) is 1. The molecule has 33 heavy (non-hydrogen) atoms. The van der Waals surface area contributed by atoms with Crippen LogP contribution in [-0.4, -0.2) is 49.5 Å². The Morgan fingerprint density at radius 1 is 1.15 bits per heavy atom. The highest BCUT2D eigenvalue weighted by Crippen LogP contribution is 2.36. The zero-order valence-corrected chi connectivity index (χ0v) is 19.1. The summed E-state index contributed by atoms with van der Waals surface area (Å²) in [5.74, 6) is -5.80. The highest BCUT2D eigenvalue weighted by Gasteiger charge is 2.56. The van der Waals surface area contributed by atoms with E-state index in [-0.39, 0.29) is 29.5 Å². The van der Waals surface area contributed by atoms with Gasteiger partial charge in [-0.3, -0.25) is 4.79 Å². The molecule has 0 aliphatic carbocycles. The van der Waals surface area contributed by atoms with Crippen molar-refractivity contribution >= 4 is 15.9 Å². The molecule has 5 nitrogen and oxygen atoms in total. The molecule has 0 bridgehead atoms. The number of nitrogens with one attached hydrogen (secondary N) is 1. The first kappa shape index (κ1) is 25.2. The van der Waals surface area contributed by atoms with Crippen LogP contribution in [0, 0.1) is 11.6 Å². The zero-order chi connectivity index (χ0) is 24.4. The number of carbonyl (C=O) groups excluding carboxylic acids is 1. The third-order valence-corrected chi connectivity index (χ3v) is 7.11. The predicted molar refractivity (Wildman–Crippen MR) is 117 cm³/mol. The van der Waals surface area contributed by atoms with Crippen molar-refractivity contribution < 1.29 is 30.8 Å². The maximum absolute atomic E-state index is 15.4. The van der Waals surface area contributed by atoms with Crippen molar-refractivity contribution in [2.24, 2.45) is 0 Å². The highest BCUT2D eigenvalue weighted by atomic mass is 32.2. The van der Waals surface area contributed by atoms with Crippen molar-refractivity contribution in [3.63, 3.8) is 0 Å². The summed E-state index contributed by atoms with van der Waals surface area (Å²) in [5, 5.41) is 0. The number of halogens is 4. The van der Waals surface area contributed by atoms with E-state index < -0.39 is 57.9 Å². The first-order valence-corrected chi connectivity index (χ1v) is 12.3. The maximum atomic E-state index is 15.4. The number of hydrogen-bond donors (Lipinski definition) is 1. The third-order valence-electron chi connectivity index (χ3n) is 5.74. The van der Waals surface area contributed by atoms with Gasteiger partial charge >= 0.3 is 0 Å². The van der Waals surface area contributed by atoms with E-state index in [1.807, 2.05) is 4.72 Å². The summed E-state index contributed by atoms with van der Waals surface area (Å²) in [4.78, 5) is 13.6. The Balaban J connectivity index is 2.03. The fourth-order valence-corrected chi connectivity index (χ4v) is 4.93. The number of carbonyl (C=O) groups is 1. The van der Waals surface area contributed by atoms with Crippen LogP contribution >= 0.6 is 0 Å². The summed E-state index contributed by atoms with van der Waals surface area (Å²) < 4.78 is 85.1. The van der Waals surface area contributed by atoms with Gasteiger partial charge in [-0.15, -0.1) is 0 Å². The Hall–Kier alpha value is -2.46. The Morgan fingerprint density at radius 2 is 1.85 bits per heavy atom. The lowest BCUT2D eigenvalue weighted by atomic mass is 9.95. The molecule has 0 saturated carbocycles. The Kier molecular flexibility index (Phi) is 7.48. The second kappa shape index (κ2) is 9.80. The van der Waals surface area contributed by atoms with Crippen LogP contribution in [0.25, 0.3) is 11.1 Å². The van der Waals surface area contributed by atoms with Gasteiger partial charge in [0.2, 0.25) is 15.9 Å². The van der Waals surface area contributed by atoms with Gasteiger partial charge < -0.3 is 4.90 Å². The molecule has 2 aromatic rings. The second-order valence-corrected chi connectivity index (χ2v) is 10.1. The molecule has 1 aliphatic rings. The lowest BCUT2D eigenvalue weighted by Crippen LogP contribution is -2.52. The van der Waals surface area contributed by atoms with Gasteiger partial charge in [-0.25, -0.2) is 30.7 Å². The van der Waals surface area contributed by atoms with E-state index in [0.717, 1.165) is 11.0 Å². The molecular weight excluding hydrogens is 460 g/mol. The summed E-state index contributed by atoms with van der Waals surface area (Å²) in [6, 6.07) is 6.46. The van der Waals surface area contributed by atoms with Crippen molar-refractivity contribution in [1.82, 2.24) is 9.62 Å². The first-order valence-electron chi connectivity index (χ1n) is 10.7. The van der Waals surface area contributed by atoms with Gasteiger partial charge in [0, 0.05) is 12.0 Å². The smallest absolute Gasteiger partial charge is 0.283 e. The Morgan fingerprint density at radius 3 is 2.48 bits per heavy atom. The molecule has 0 spiro atoms. The summed E-state index contributed by atoms with van der Waals surface area (Å²) in [6.07, 6.45) is 0.0883. The van der Waals surface area contributed by atoms with Crippen molar-refractivity contribution in [3.05, 3.63) is 59.7 Å². The average Bonchev–Trinajstić information content (AvgIpc) is 2.99. The van der Waals surface area contributed by atoms with Gasteiger partial charge in [0.05, 0.1) is 18.3 Å². The Labute approximate surface area is 190 Å². The van der Waals surface area contributed by atoms with Crippen LogP contribution in [0.3, 0.4) is 0 Å². The first-order chi connectivity index (χ1) is 15.5. The second-order valence-electron chi connectivity index (χ2n) is 8.09. The van der Waals surface area contributed by atoms with Crippen molar-refractivity contribution in [3.8, 4) is 11.1 Å². The molecule has 1 saturated heterocycles. The van der Waals surface area contributed by atoms with E-state index in [9.17, 15) is 26.4 Å². The number of sulfonamides is 1. The molecule has 2 atom stereocenters. The summed E-state index contributed by atoms with van der Waals surface area (Å²) in [7, 11) is -4.03. The molecule has 3 rings (SSSR count). The van der Waals surface area contributed by atoms with Crippen molar-refractivity contribution in [2.75, 3.05) is 12.3 Å². The van der Waals surface area contributed by atoms with Gasteiger partial charge in [0.1, 0.15) is 17.7 Å². The molecule has 1 heterocycles. The molecule has 1 amide bonds. The van der Waals surface area contributed by atoms with Gasteiger partial charge in [0.25, 0.3) is 5.92 Å². The van der Waals surface area contributed by atoms with Gasteiger partial charge in [-0.05, 0) is 43.0 Å². The molecule has 1 N–H and O–H groups in total. The quantitative estimate of drug-likeness (QED) is 0.571. The average molecular weight is 487 g/mol. The van der Waals surface area contributed by atoms with E-state index in [1.54, 1.807) is 6.92 Å². The number of alkyl halides is 2. The van der Waals surface area contributed by atoms with Crippen molar-refractivity contribution in [2.45, 2.75) is 51.1 Å². The molecule has 0 aromatic heterocycles. The van der Waals surface area contributed by atoms with Crippen molar-refractivity contribution in [1.29, 1.82) is 0 Å². The largest absolute Gasteiger partial charge is 0.331 e. The SMILES string of the molecule is CCCC(=O)N1CC(F)(F)[C@H](NS(=O)(=O)CC)[C@@H]1Cc1cccc(-c2cccc(F)c2)c1F. The molecule has 2 aromatic carbocycles. The highest BCUT2D eigenvalue weighted by molar-refractivity contribution is 7.89. The van der Waals surface area contributed by atoms with E-state index in [4.69, 9.17) is 0 Å². The number of hydrogen-bond acceptors (Lipinski definition) is 3. The maximum Gasteiger partial charge on any atom is 0.283 e. The minimum atomic E-state index is -4.03. The Bertz CT molecular complexity index is 1120. The van der Waals surface area contributed by atoms with Crippen LogP contribution in [-0.2, 0) is 21.2 Å². The molecule has 1 aliphatic heterocycles. The monoisotopic (exact) mass is 486 g/mol. The van der Waals surface area contributed by atoms with E-state index in [0.29, 0.717) is 6.42 Å². The molecule has 0 radical (unpaired) electrons. The predicted octanol–water partition coefficient (Wildman–Crippen LogP) is 4.13.